The molecule has 5 heteroatoms. The lowest BCUT2D eigenvalue weighted by Gasteiger charge is -2.00. The minimum absolute atomic E-state index is 0.493. The van der Waals surface area contributed by atoms with Crippen LogP contribution in [0.2, 0.25) is 0 Å². The quantitative estimate of drug-likeness (QED) is 0.866. The molecule has 0 aliphatic heterocycles. The van der Waals surface area contributed by atoms with Crippen LogP contribution in [0.4, 0.5) is 5.13 Å². The Morgan fingerprint density at radius 3 is 2.71 bits per heavy atom. The van der Waals surface area contributed by atoms with Gasteiger partial charge in [-0.1, -0.05) is 39.4 Å². The smallest absolute Gasteiger partial charge is 0.203 e. The highest BCUT2D eigenvalue weighted by Crippen LogP contribution is 2.31. The standard InChI is InChI=1S/C9H8BrN3S/c1-5-2-3-6(7(10)4-5)8-12-13-9(11)14-8/h2-4H,1H3,(H2,11,13). The van der Waals surface area contributed by atoms with Gasteiger partial charge in [0.1, 0.15) is 0 Å². The van der Waals surface area contributed by atoms with E-state index < -0.39 is 0 Å². The normalized spacial score (nSPS) is 10.4. The summed E-state index contributed by atoms with van der Waals surface area (Å²) in [6.45, 7) is 2.04. The first-order valence-corrected chi connectivity index (χ1v) is 5.63. The fourth-order valence-corrected chi connectivity index (χ4v) is 2.60. The molecule has 14 heavy (non-hydrogen) atoms. The van der Waals surface area contributed by atoms with Gasteiger partial charge in [-0.25, -0.2) is 0 Å². The lowest BCUT2D eigenvalue weighted by atomic mass is 10.2. The van der Waals surface area contributed by atoms with Gasteiger partial charge in [-0.05, 0) is 18.6 Å². The summed E-state index contributed by atoms with van der Waals surface area (Å²) in [5, 5.41) is 9.11. The second kappa shape index (κ2) is 3.67. The van der Waals surface area contributed by atoms with E-state index in [0.29, 0.717) is 5.13 Å². The number of anilines is 1. The molecular formula is C9H8BrN3S. The predicted octanol–water partition coefficient (Wildman–Crippen LogP) is 2.86. The van der Waals surface area contributed by atoms with Crippen LogP contribution in [0, 0.1) is 6.92 Å². The van der Waals surface area contributed by atoms with Crippen molar-refractivity contribution in [1.29, 1.82) is 0 Å². The molecule has 72 valence electrons. The predicted molar refractivity (Wildman–Crippen MR) is 62.2 cm³/mol. The Hall–Kier alpha value is -0.940. The van der Waals surface area contributed by atoms with Crippen molar-refractivity contribution in [2.45, 2.75) is 6.92 Å². The minimum Gasteiger partial charge on any atom is -0.374 e. The summed E-state index contributed by atoms with van der Waals surface area (Å²) in [6, 6.07) is 6.10. The fourth-order valence-electron chi connectivity index (χ4n) is 1.14. The summed E-state index contributed by atoms with van der Waals surface area (Å²) in [5.74, 6) is 0. The lowest BCUT2D eigenvalue weighted by Crippen LogP contribution is -1.81. The van der Waals surface area contributed by atoms with E-state index >= 15 is 0 Å². The number of nitrogen functional groups attached to an aromatic ring is 1. The van der Waals surface area contributed by atoms with Gasteiger partial charge in [0.05, 0.1) is 0 Å². The van der Waals surface area contributed by atoms with Gasteiger partial charge in [0, 0.05) is 10.0 Å². The second-order valence-electron chi connectivity index (χ2n) is 2.93. The van der Waals surface area contributed by atoms with Crippen LogP contribution in [0.5, 0.6) is 0 Å². The molecule has 2 rings (SSSR count). The van der Waals surface area contributed by atoms with Crippen molar-refractivity contribution in [1.82, 2.24) is 10.2 Å². The number of aryl methyl sites for hydroxylation is 1. The molecule has 0 spiro atoms. The van der Waals surface area contributed by atoms with Gasteiger partial charge >= 0.3 is 0 Å². The van der Waals surface area contributed by atoms with Gasteiger partial charge < -0.3 is 5.73 Å². The van der Waals surface area contributed by atoms with Crippen LogP contribution in [0.3, 0.4) is 0 Å². The van der Waals surface area contributed by atoms with Crippen LogP contribution in [-0.2, 0) is 0 Å². The van der Waals surface area contributed by atoms with E-state index in [4.69, 9.17) is 5.73 Å². The highest BCUT2D eigenvalue weighted by atomic mass is 79.9. The third-order valence-electron chi connectivity index (χ3n) is 1.80. The van der Waals surface area contributed by atoms with Crippen molar-refractivity contribution in [2.75, 3.05) is 5.73 Å². The summed E-state index contributed by atoms with van der Waals surface area (Å²) < 4.78 is 1.02. The topological polar surface area (TPSA) is 51.8 Å². The first-order chi connectivity index (χ1) is 6.66. The first-order valence-electron chi connectivity index (χ1n) is 4.02. The Kier molecular flexibility index (Phi) is 2.52. The van der Waals surface area contributed by atoms with Gasteiger partial charge in [0.15, 0.2) is 5.01 Å². The largest absolute Gasteiger partial charge is 0.374 e. The number of nitrogens with zero attached hydrogens (tertiary/aromatic N) is 2. The van der Waals surface area contributed by atoms with Crippen LogP contribution in [0.1, 0.15) is 5.56 Å². The van der Waals surface area contributed by atoms with Gasteiger partial charge in [0.25, 0.3) is 0 Å². The number of hydrogen-bond acceptors (Lipinski definition) is 4. The fraction of sp³-hybridized carbons (Fsp3) is 0.111. The zero-order valence-corrected chi connectivity index (χ0v) is 9.89. The maximum atomic E-state index is 5.53. The summed E-state index contributed by atoms with van der Waals surface area (Å²) in [6.07, 6.45) is 0. The highest BCUT2D eigenvalue weighted by molar-refractivity contribution is 9.10. The highest BCUT2D eigenvalue weighted by Gasteiger charge is 2.07. The zero-order chi connectivity index (χ0) is 10.1. The summed E-state index contributed by atoms with van der Waals surface area (Å²) in [7, 11) is 0. The molecule has 0 saturated carbocycles. The Morgan fingerprint density at radius 2 is 2.14 bits per heavy atom. The molecule has 0 aliphatic carbocycles. The molecule has 0 radical (unpaired) electrons. The molecule has 0 fully saturated rings. The maximum Gasteiger partial charge on any atom is 0.203 e. The molecule has 1 heterocycles. The van der Waals surface area contributed by atoms with Crippen molar-refractivity contribution < 1.29 is 0 Å². The molecule has 0 atom stereocenters. The molecule has 2 aromatic rings. The van der Waals surface area contributed by atoms with Crippen LogP contribution in [0.25, 0.3) is 10.6 Å². The van der Waals surface area contributed by atoms with E-state index in [1.807, 2.05) is 25.1 Å². The van der Waals surface area contributed by atoms with Gasteiger partial charge in [0.2, 0.25) is 5.13 Å². The molecule has 1 aromatic heterocycles. The summed E-state index contributed by atoms with van der Waals surface area (Å²) in [5.41, 5.74) is 7.76. The Balaban J connectivity index is 2.52. The summed E-state index contributed by atoms with van der Waals surface area (Å²) >= 11 is 4.88. The minimum atomic E-state index is 0.493. The SMILES string of the molecule is Cc1ccc(-c2nnc(N)s2)c(Br)c1. The number of halogens is 1. The van der Waals surface area contributed by atoms with Crippen LogP contribution >= 0.6 is 27.3 Å². The zero-order valence-electron chi connectivity index (χ0n) is 7.49. The molecule has 0 aliphatic rings. The van der Waals surface area contributed by atoms with Gasteiger partial charge in [-0.3, -0.25) is 0 Å². The van der Waals surface area contributed by atoms with Crippen molar-refractivity contribution in [3.8, 4) is 10.6 Å². The average Bonchev–Trinajstić information content (AvgIpc) is 2.51. The Labute approximate surface area is 94.1 Å². The van der Waals surface area contributed by atoms with Crippen LogP contribution < -0.4 is 5.73 Å². The van der Waals surface area contributed by atoms with Gasteiger partial charge in [-0.15, -0.1) is 10.2 Å². The van der Waals surface area contributed by atoms with Gasteiger partial charge in [-0.2, -0.15) is 0 Å². The van der Waals surface area contributed by atoms with Crippen LogP contribution in [-0.4, -0.2) is 10.2 Å². The maximum absolute atomic E-state index is 5.53. The Bertz CT molecular complexity index is 467. The van der Waals surface area contributed by atoms with E-state index in [2.05, 4.69) is 26.1 Å². The molecule has 3 nitrogen and oxygen atoms in total. The number of aromatic nitrogens is 2. The molecule has 0 amide bonds. The first kappa shape index (κ1) is 9.61. The van der Waals surface area contributed by atoms with Crippen molar-refractivity contribution in [3.63, 3.8) is 0 Å². The number of hydrogen-bond donors (Lipinski definition) is 1. The van der Waals surface area contributed by atoms with E-state index in [9.17, 15) is 0 Å². The number of rotatable bonds is 1. The molecule has 0 unspecified atom stereocenters. The molecule has 0 bridgehead atoms. The van der Waals surface area contributed by atoms with E-state index in [1.165, 1.54) is 16.9 Å². The molecule has 0 saturated heterocycles. The van der Waals surface area contributed by atoms with E-state index in [0.717, 1.165) is 15.0 Å². The van der Waals surface area contributed by atoms with Crippen molar-refractivity contribution in [3.05, 3.63) is 28.2 Å². The third kappa shape index (κ3) is 1.78. The monoisotopic (exact) mass is 269 g/mol. The number of nitrogens with two attached hydrogens (primary N) is 1. The van der Waals surface area contributed by atoms with Crippen molar-refractivity contribution in [2.24, 2.45) is 0 Å². The Morgan fingerprint density at radius 1 is 1.36 bits per heavy atom. The third-order valence-corrected chi connectivity index (χ3v) is 3.24. The molecule has 2 N–H and O–H groups in total. The lowest BCUT2D eigenvalue weighted by molar-refractivity contribution is 1.10. The average molecular weight is 270 g/mol. The van der Waals surface area contributed by atoms with E-state index in [1.54, 1.807) is 0 Å². The van der Waals surface area contributed by atoms with Crippen molar-refractivity contribution >= 4 is 32.4 Å². The molecule has 1 aromatic carbocycles. The van der Waals surface area contributed by atoms with Crippen LogP contribution in [0.15, 0.2) is 22.7 Å². The molecular weight excluding hydrogens is 262 g/mol. The summed E-state index contributed by atoms with van der Waals surface area (Å²) in [4.78, 5) is 0. The van der Waals surface area contributed by atoms with E-state index in [-0.39, 0.29) is 0 Å². The second-order valence-corrected chi connectivity index (χ2v) is 4.79. The number of benzene rings is 1.